The van der Waals surface area contributed by atoms with Crippen LogP contribution in [-0.4, -0.2) is 25.2 Å². The lowest BCUT2D eigenvalue weighted by atomic mass is 10.1. The van der Waals surface area contributed by atoms with Crippen molar-refractivity contribution in [2.75, 3.05) is 13.2 Å². The Balaban J connectivity index is 3.22. The Labute approximate surface area is 119 Å². The average molecular weight is 271 g/mol. The van der Waals surface area contributed by atoms with Gasteiger partial charge in [-0.1, -0.05) is 39.0 Å². The van der Waals surface area contributed by atoms with E-state index in [1.54, 1.807) is 0 Å². The van der Waals surface area contributed by atoms with E-state index in [0.717, 1.165) is 25.8 Å². The summed E-state index contributed by atoms with van der Waals surface area (Å²) >= 11 is 0. The van der Waals surface area contributed by atoms with Gasteiger partial charge < -0.3 is 10.1 Å². The van der Waals surface area contributed by atoms with Crippen molar-refractivity contribution in [3.63, 3.8) is 0 Å². The minimum absolute atomic E-state index is 0.0558. The van der Waals surface area contributed by atoms with E-state index in [0.29, 0.717) is 19.1 Å². The lowest BCUT2D eigenvalue weighted by Crippen LogP contribution is -2.26. The zero-order valence-electron chi connectivity index (χ0n) is 13.2. The number of nitrogens with one attached hydrogen (secondary N) is 1. The van der Waals surface area contributed by atoms with Gasteiger partial charge in [-0.2, -0.15) is 0 Å². The second kappa shape index (κ2) is 13.9. The number of rotatable bonds is 13. The normalized spacial score (nSPS) is 12.4. The molecular formula is C16H33NO2. The fourth-order valence-corrected chi connectivity index (χ4v) is 2.13. The molecule has 0 rings (SSSR count). The van der Waals surface area contributed by atoms with Crippen LogP contribution in [0.2, 0.25) is 0 Å². The molecule has 19 heavy (non-hydrogen) atoms. The van der Waals surface area contributed by atoms with Crippen LogP contribution >= 0.6 is 0 Å². The molecule has 1 N–H and O–H groups in total. The Morgan fingerprint density at radius 3 is 2.47 bits per heavy atom. The van der Waals surface area contributed by atoms with Gasteiger partial charge in [-0.3, -0.25) is 4.79 Å². The molecule has 114 valence electrons. The predicted molar refractivity (Wildman–Crippen MR) is 81.3 cm³/mol. The summed E-state index contributed by atoms with van der Waals surface area (Å²) in [6.45, 7) is 7.93. The van der Waals surface area contributed by atoms with E-state index in [9.17, 15) is 4.79 Å². The lowest BCUT2D eigenvalue weighted by molar-refractivity contribution is -0.143. The molecule has 0 amide bonds. The molecule has 0 aromatic rings. The minimum atomic E-state index is -0.0558. The first-order valence-electron chi connectivity index (χ1n) is 8.09. The van der Waals surface area contributed by atoms with Gasteiger partial charge in [0.15, 0.2) is 0 Å². The molecule has 0 radical (unpaired) electrons. The summed E-state index contributed by atoms with van der Waals surface area (Å²) < 4.78 is 4.90. The van der Waals surface area contributed by atoms with Crippen LogP contribution in [0.4, 0.5) is 0 Å². The highest BCUT2D eigenvalue weighted by molar-refractivity contribution is 5.69. The van der Waals surface area contributed by atoms with Crippen molar-refractivity contribution in [1.82, 2.24) is 5.32 Å². The number of carbonyl (C=O) groups is 1. The van der Waals surface area contributed by atoms with Crippen molar-refractivity contribution in [3.05, 3.63) is 0 Å². The fourth-order valence-electron chi connectivity index (χ4n) is 2.13. The third-order valence-electron chi connectivity index (χ3n) is 3.35. The molecule has 0 bridgehead atoms. The highest BCUT2D eigenvalue weighted by atomic mass is 16.5. The van der Waals surface area contributed by atoms with E-state index in [2.05, 4.69) is 19.2 Å². The van der Waals surface area contributed by atoms with Crippen molar-refractivity contribution in [3.8, 4) is 0 Å². The second-order valence-corrected chi connectivity index (χ2v) is 5.32. The van der Waals surface area contributed by atoms with Crippen molar-refractivity contribution in [1.29, 1.82) is 0 Å². The zero-order valence-corrected chi connectivity index (χ0v) is 13.2. The highest BCUT2D eigenvalue weighted by Crippen LogP contribution is 2.06. The van der Waals surface area contributed by atoms with Crippen molar-refractivity contribution in [2.24, 2.45) is 0 Å². The number of unbranched alkanes of at least 4 members (excludes halogenated alkanes) is 5. The summed E-state index contributed by atoms with van der Waals surface area (Å²) in [6, 6.07) is 0.627. The molecule has 0 fully saturated rings. The van der Waals surface area contributed by atoms with Crippen molar-refractivity contribution < 1.29 is 9.53 Å². The van der Waals surface area contributed by atoms with Gasteiger partial charge in [0, 0.05) is 12.5 Å². The maximum atomic E-state index is 11.1. The molecule has 0 aromatic heterocycles. The van der Waals surface area contributed by atoms with Crippen LogP contribution in [0.3, 0.4) is 0 Å². The summed E-state index contributed by atoms with van der Waals surface area (Å²) in [4.78, 5) is 11.1. The molecule has 3 heteroatoms. The summed E-state index contributed by atoms with van der Waals surface area (Å²) in [5.41, 5.74) is 0. The standard InChI is InChI=1S/C16H33NO2/c1-4-6-7-9-12-15(3)17-14-11-8-10-13-16(18)19-5-2/h15,17H,4-14H2,1-3H3. The number of hydrogen-bond acceptors (Lipinski definition) is 3. The number of esters is 1. The van der Waals surface area contributed by atoms with Crippen LogP contribution in [-0.2, 0) is 9.53 Å². The van der Waals surface area contributed by atoms with Crippen LogP contribution in [0.25, 0.3) is 0 Å². The third-order valence-corrected chi connectivity index (χ3v) is 3.35. The quantitative estimate of drug-likeness (QED) is 0.405. The molecule has 3 nitrogen and oxygen atoms in total. The SMILES string of the molecule is CCCCCCC(C)NCCCCCC(=O)OCC. The summed E-state index contributed by atoms with van der Waals surface area (Å²) in [6.07, 6.45) is 10.4. The van der Waals surface area contributed by atoms with Gasteiger partial charge in [0.05, 0.1) is 6.61 Å². The molecule has 1 unspecified atom stereocenters. The molecule has 0 aromatic carbocycles. The first-order valence-corrected chi connectivity index (χ1v) is 8.09. The monoisotopic (exact) mass is 271 g/mol. The van der Waals surface area contributed by atoms with Crippen LogP contribution < -0.4 is 5.32 Å². The maximum absolute atomic E-state index is 11.1. The molecule has 1 atom stereocenters. The Kier molecular flexibility index (Phi) is 13.4. The van der Waals surface area contributed by atoms with Gasteiger partial charge in [-0.05, 0) is 39.7 Å². The molecule has 0 aliphatic rings. The first-order chi connectivity index (χ1) is 9.20. The zero-order chi connectivity index (χ0) is 14.3. The molecule has 0 aliphatic heterocycles. The first kappa shape index (κ1) is 18.4. The number of ether oxygens (including phenoxy) is 1. The number of carbonyl (C=O) groups excluding carboxylic acids is 1. The Hall–Kier alpha value is -0.570. The summed E-state index contributed by atoms with van der Waals surface area (Å²) in [5.74, 6) is -0.0558. The molecule has 0 saturated carbocycles. The van der Waals surface area contributed by atoms with Gasteiger partial charge in [-0.25, -0.2) is 0 Å². The maximum Gasteiger partial charge on any atom is 0.305 e. The molecule has 0 spiro atoms. The molecule has 0 saturated heterocycles. The van der Waals surface area contributed by atoms with E-state index in [1.807, 2.05) is 6.92 Å². The summed E-state index contributed by atoms with van der Waals surface area (Å²) in [5, 5.41) is 3.56. The van der Waals surface area contributed by atoms with Crippen LogP contribution in [0.5, 0.6) is 0 Å². The average Bonchev–Trinajstić information content (AvgIpc) is 2.39. The topological polar surface area (TPSA) is 38.3 Å². The van der Waals surface area contributed by atoms with E-state index >= 15 is 0 Å². The molecule has 0 heterocycles. The van der Waals surface area contributed by atoms with Crippen LogP contribution in [0.15, 0.2) is 0 Å². The molecule has 0 aliphatic carbocycles. The van der Waals surface area contributed by atoms with Gasteiger partial charge in [0.1, 0.15) is 0 Å². The minimum Gasteiger partial charge on any atom is -0.466 e. The van der Waals surface area contributed by atoms with E-state index < -0.39 is 0 Å². The predicted octanol–water partition coefficient (Wildman–Crippen LogP) is 4.06. The van der Waals surface area contributed by atoms with Crippen LogP contribution in [0, 0.1) is 0 Å². The highest BCUT2D eigenvalue weighted by Gasteiger charge is 2.02. The smallest absolute Gasteiger partial charge is 0.305 e. The van der Waals surface area contributed by atoms with E-state index in [4.69, 9.17) is 4.74 Å². The Morgan fingerprint density at radius 1 is 1.05 bits per heavy atom. The fraction of sp³-hybridized carbons (Fsp3) is 0.938. The van der Waals surface area contributed by atoms with Gasteiger partial charge in [-0.15, -0.1) is 0 Å². The van der Waals surface area contributed by atoms with Crippen molar-refractivity contribution >= 4 is 5.97 Å². The largest absolute Gasteiger partial charge is 0.466 e. The lowest BCUT2D eigenvalue weighted by Gasteiger charge is -2.13. The molecular weight excluding hydrogens is 238 g/mol. The van der Waals surface area contributed by atoms with Gasteiger partial charge in [0.25, 0.3) is 0 Å². The van der Waals surface area contributed by atoms with Gasteiger partial charge in [0.2, 0.25) is 0 Å². The van der Waals surface area contributed by atoms with Gasteiger partial charge >= 0.3 is 5.97 Å². The summed E-state index contributed by atoms with van der Waals surface area (Å²) in [7, 11) is 0. The third kappa shape index (κ3) is 13.7. The van der Waals surface area contributed by atoms with E-state index in [1.165, 1.54) is 32.1 Å². The Bertz CT molecular complexity index is 207. The van der Waals surface area contributed by atoms with Crippen LogP contribution in [0.1, 0.15) is 78.6 Å². The van der Waals surface area contributed by atoms with E-state index in [-0.39, 0.29) is 5.97 Å². The van der Waals surface area contributed by atoms with Crippen molar-refractivity contribution in [2.45, 2.75) is 84.6 Å². The Morgan fingerprint density at radius 2 is 1.79 bits per heavy atom. The second-order valence-electron chi connectivity index (χ2n) is 5.32. The number of hydrogen-bond donors (Lipinski definition) is 1.